The summed E-state index contributed by atoms with van der Waals surface area (Å²) >= 11 is 0. The number of hydrogen-bond donors (Lipinski definition) is 0. The van der Waals surface area contributed by atoms with Gasteiger partial charge < -0.3 is 29.7 Å². The van der Waals surface area contributed by atoms with Gasteiger partial charge in [-0.25, -0.2) is 0 Å². The highest BCUT2D eigenvalue weighted by Gasteiger charge is 2.23. The third-order valence-corrected chi connectivity index (χ3v) is 3.48. The first-order valence-electron chi connectivity index (χ1n) is 6.98. The Bertz CT molecular complexity index is 743. The highest BCUT2D eigenvalue weighted by Crippen LogP contribution is 2.30. The van der Waals surface area contributed by atoms with Crippen molar-refractivity contribution in [2.75, 3.05) is 0 Å². The molecule has 6 heteroatoms. The molecule has 0 amide bonds. The maximum Gasteiger partial charge on any atom is 0.0725 e. The monoisotopic (exact) mass is 327 g/mol. The smallest absolute Gasteiger partial charge is 0.0725 e. The van der Waals surface area contributed by atoms with E-state index >= 15 is 0 Å². The van der Waals surface area contributed by atoms with Crippen LogP contribution in [-0.4, -0.2) is 17.9 Å². The second-order valence-electron chi connectivity index (χ2n) is 4.90. The van der Waals surface area contributed by atoms with Crippen molar-refractivity contribution in [3.8, 4) is 0 Å². The zero-order chi connectivity index (χ0) is 18.4. The van der Waals surface area contributed by atoms with E-state index in [4.69, 9.17) is 0 Å². The quantitative estimate of drug-likeness (QED) is 0.534. The van der Waals surface area contributed by atoms with E-state index in [2.05, 4.69) is 19.7 Å². The molecule has 0 spiro atoms. The molecule has 0 unspecified atom stereocenters. The van der Waals surface area contributed by atoms with Crippen LogP contribution in [0, 0.1) is 0 Å². The van der Waals surface area contributed by atoms with E-state index in [9.17, 15) is 29.7 Å². The lowest BCUT2D eigenvalue weighted by Gasteiger charge is -2.27. The summed E-state index contributed by atoms with van der Waals surface area (Å²) in [6.07, 6.45) is 3.72. The number of allylic oxidation sites excluding steroid dienone is 3. The topological polar surface area (TPSA) is 120 Å². The van der Waals surface area contributed by atoms with Crippen molar-refractivity contribution in [1.82, 2.24) is 0 Å². The van der Waals surface area contributed by atoms with Gasteiger partial charge in [-0.2, -0.15) is 0 Å². The predicted octanol–water partition coefficient (Wildman–Crippen LogP) is -1.04. The molecule has 1 aromatic rings. The van der Waals surface area contributed by atoms with Gasteiger partial charge in [-0.05, 0) is 36.0 Å². The number of rotatable bonds is 9. The summed E-state index contributed by atoms with van der Waals surface area (Å²) in [5.74, 6) is -5.18. The predicted molar refractivity (Wildman–Crippen MR) is 81.1 cm³/mol. The Morgan fingerprint density at radius 3 is 1.25 bits per heavy atom. The Hall–Kier alpha value is -3.15. The Labute approximate surface area is 139 Å². The Balaban J connectivity index is 4.20. The van der Waals surface area contributed by atoms with E-state index in [-0.39, 0.29) is 36.0 Å². The van der Waals surface area contributed by atoms with Crippen LogP contribution in [0.2, 0.25) is 0 Å². The van der Waals surface area contributed by atoms with Gasteiger partial charge in [-0.1, -0.05) is 18.2 Å². The molecule has 6 nitrogen and oxygen atoms in total. The molecule has 0 radical (unpaired) electrons. The molecule has 0 aromatic heterocycles. The minimum atomic E-state index is -1.82. The highest BCUT2D eigenvalue weighted by molar-refractivity contribution is 6.06. The van der Waals surface area contributed by atoms with Gasteiger partial charge in [-0.3, -0.25) is 0 Å². The van der Waals surface area contributed by atoms with Crippen LogP contribution in [0.15, 0.2) is 38.0 Å². The van der Waals surface area contributed by atoms with Crippen molar-refractivity contribution in [1.29, 1.82) is 0 Å². The first-order valence-corrected chi connectivity index (χ1v) is 6.98. The molecule has 0 heterocycles. The van der Waals surface area contributed by atoms with Crippen molar-refractivity contribution in [2.24, 2.45) is 0 Å². The lowest BCUT2D eigenvalue weighted by atomic mass is 9.82. The third kappa shape index (κ3) is 3.43. The maximum atomic E-state index is 11.6. The van der Waals surface area contributed by atoms with E-state index < -0.39 is 34.6 Å². The van der Waals surface area contributed by atoms with Gasteiger partial charge >= 0.3 is 0 Å². The summed E-state index contributed by atoms with van der Waals surface area (Å²) in [6, 6.07) is 0. The minimum absolute atomic E-state index is 0.00420. The molecule has 0 fully saturated rings. The van der Waals surface area contributed by atoms with Crippen LogP contribution in [0.5, 0.6) is 0 Å². The molecule has 0 saturated heterocycles. The van der Waals surface area contributed by atoms with Gasteiger partial charge in [0, 0.05) is 16.7 Å². The van der Waals surface area contributed by atoms with Gasteiger partial charge in [0.25, 0.3) is 0 Å². The lowest BCUT2D eigenvalue weighted by molar-refractivity contribution is -0.260. The van der Waals surface area contributed by atoms with Gasteiger partial charge in [-0.15, -0.1) is 19.7 Å². The number of carbonyl (C=O) groups is 3. The molecule has 0 atom stereocenters. The van der Waals surface area contributed by atoms with E-state index in [0.29, 0.717) is 0 Å². The zero-order valence-corrected chi connectivity index (χ0v) is 12.9. The SMILES string of the molecule is C=CCc1c(CC=C)c(C(=O)[O-])c(C(=O)[O-])c(CC=C)c1C(=O)[O-]. The van der Waals surface area contributed by atoms with Crippen molar-refractivity contribution in [3.05, 3.63) is 71.3 Å². The van der Waals surface area contributed by atoms with E-state index in [1.807, 2.05) is 0 Å². The number of carboxylic acid groups (broad SMARTS) is 3. The van der Waals surface area contributed by atoms with Crippen LogP contribution in [0.3, 0.4) is 0 Å². The van der Waals surface area contributed by atoms with Crippen molar-refractivity contribution in [2.45, 2.75) is 19.3 Å². The summed E-state index contributed by atoms with van der Waals surface area (Å²) < 4.78 is 0. The second kappa shape index (κ2) is 7.92. The van der Waals surface area contributed by atoms with Crippen LogP contribution in [-0.2, 0) is 19.3 Å². The molecule has 0 aliphatic carbocycles. The molecule has 0 bridgehead atoms. The van der Waals surface area contributed by atoms with Crippen LogP contribution >= 0.6 is 0 Å². The van der Waals surface area contributed by atoms with Gasteiger partial charge in [0.1, 0.15) is 0 Å². The molecular weight excluding hydrogens is 312 g/mol. The minimum Gasteiger partial charge on any atom is -0.545 e. The molecule has 0 N–H and O–H groups in total. The number of hydrogen-bond acceptors (Lipinski definition) is 6. The summed E-state index contributed by atoms with van der Waals surface area (Å²) in [6.45, 7) is 10.4. The van der Waals surface area contributed by atoms with Crippen molar-refractivity contribution in [3.63, 3.8) is 0 Å². The molecule has 0 saturated carbocycles. The molecule has 126 valence electrons. The number of carbonyl (C=O) groups excluding carboxylic acids is 3. The Morgan fingerprint density at radius 1 is 0.625 bits per heavy atom. The van der Waals surface area contributed by atoms with Gasteiger partial charge in [0.2, 0.25) is 0 Å². The summed E-state index contributed by atoms with van der Waals surface area (Å²) in [7, 11) is 0. The lowest BCUT2D eigenvalue weighted by Crippen LogP contribution is -2.36. The van der Waals surface area contributed by atoms with Crippen LogP contribution in [0.4, 0.5) is 0 Å². The van der Waals surface area contributed by atoms with E-state index in [1.165, 1.54) is 18.2 Å². The van der Waals surface area contributed by atoms with Crippen molar-refractivity contribution < 1.29 is 29.7 Å². The average Bonchev–Trinajstić information content (AvgIpc) is 2.48. The molecule has 1 rings (SSSR count). The molecule has 24 heavy (non-hydrogen) atoms. The summed E-state index contributed by atoms with van der Waals surface area (Å²) in [4.78, 5) is 34.7. The molecular formula is C18H15O6-3. The molecule has 0 aliphatic heterocycles. The first-order chi connectivity index (χ1) is 11.3. The first kappa shape index (κ1) is 18.9. The maximum absolute atomic E-state index is 11.6. The average molecular weight is 327 g/mol. The fourth-order valence-electron chi connectivity index (χ4n) is 2.70. The number of benzene rings is 1. The third-order valence-electron chi connectivity index (χ3n) is 3.48. The van der Waals surface area contributed by atoms with E-state index in [0.717, 1.165) is 0 Å². The van der Waals surface area contributed by atoms with Gasteiger partial charge in [0.05, 0.1) is 17.9 Å². The van der Waals surface area contributed by atoms with Crippen LogP contribution in [0.1, 0.15) is 47.8 Å². The molecule has 1 aromatic carbocycles. The van der Waals surface area contributed by atoms with Crippen molar-refractivity contribution >= 4 is 17.9 Å². The second-order valence-corrected chi connectivity index (χ2v) is 4.90. The normalized spacial score (nSPS) is 10.0. The number of aromatic carboxylic acids is 3. The van der Waals surface area contributed by atoms with Crippen LogP contribution in [0.25, 0.3) is 0 Å². The fraction of sp³-hybridized carbons (Fsp3) is 0.167. The van der Waals surface area contributed by atoms with Crippen LogP contribution < -0.4 is 15.3 Å². The Kier molecular flexibility index (Phi) is 6.23. The summed E-state index contributed by atoms with van der Waals surface area (Å²) in [5.41, 5.74) is -1.90. The summed E-state index contributed by atoms with van der Waals surface area (Å²) in [5, 5.41) is 34.7. The van der Waals surface area contributed by atoms with Gasteiger partial charge in [0.15, 0.2) is 0 Å². The number of carboxylic acids is 3. The zero-order valence-electron chi connectivity index (χ0n) is 12.9. The highest BCUT2D eigenvalue weighted by atomic mass is 16.4. The molecule has 0 aliphatic rings. The Morgan fingerprint density at radius 2 is 0.917 bits per heavy atom. The standard InChI is InChI=1S/C18H18O6/c1-4-7-10-11(8-5-2)14(17(21)22)15(18(23)24)12(9-6-3)13(10)16(19)20/h4-6H,1-3,7-9H2,(H,19,20)(H,21,22)(H,23,24)/p-3. The largest absolute Gasteiger partial charge is 0.545 e. The fourth-order valence-corrected chi connectivity index (χ4v) is 2.70. The van der Waals surface area contributed by atoms with E-state index in [1.54, 1.807) is 0 Å².